The van der Waals surface area contributed by atoms with Gasteiger partial charge in [-0.3, -0.25) is 4.79 Å². The molecule has 5 heteroatoms. The van der Waals surface area contributed by atoms with Crippen molar-refractivity contribution in [1.82, 2.24) is 14.9 Å². The molecule has 21 heavy (non-hydrogen) atoms. The number of anilines is 1. The second-order valence-corrected chi connectivity index (χ2v) is 6.20. The van der Waals surface area contributed by atoms with Gasteiger partial charge in [0, 0.05) is 24.8 Å². The molecule has 0 spiro atoms. The highest BCUT2D eigenvalue weighted by Crippen LogP contribution is 2.21. The lowest BCUT2D eigenvalue weighted by molar-refractivity contribution is 0.0718. The first kappa shape index (κ1) is 14.3. The van der Waals surface area contributed by atoms with Crippen molar-refractivity contribution >= 4 is 11.9 Å². The molecule has 2 aliphatic rings. The first-order valence-electron chi connectivity index (χ1n) is 8.14. The van der Waals surface area contributed by atoms with Crippen LogP contribution in [0.2, 0.25) is 0 Å². The molecule has 0 bridgehead atoms. The first-order chi connectivity index (χ1) is 10.2. The van der Waals surface area contributed by atoms with Gasteiger partial charge in [0.1, 0.15) is 5.69 Å². The molecule has 0 aromatic carbocycles. The molecule has 2 fully saturated rings. The summed E-state index contributed by atoms with van der Waals surface area (Å²) in [5.74, 6) is 0.664. The lowest BCUT2D eigenvalue weighted by Crippen LogP contribution is -2.36. The molecule has 1 saturated heterocycles. The van der Waals surface area contributed by atoms with Crippen LogP contribution in [0.3, 0.4) is 0 Å². The van der Waals surface area contributed by atoms with Crippen LogP contribution in [0.4, 0.5) is 5.95 Å². The average molecular weight is 288 g/mol. The molecule has 3 rings (SSSR count). The lowest BCUT2D eigenvalue weighted by atomic mass is 10.1. The minimum absolute atomic E-state index is 0.0506. The second kappa shape index (κ2) is 6.41. The SMILES string of the molecule is Cc1cc(C(=O)N2CCCCC2)nc(NC2CCCC2)n1. The maximum Gasteiger partial charge on any atom is 0.272 e. The van der Waals surface area contributed by atoms with Gasteiger partial charge in [-0.2, -0.15) is 0 Å². The van der Waals surface area contributed by atoms with Gasteiger partial charge in [-0.05, 0) is 45.1 Å². The molecule has 1 N–H and O–H groups in total. The average Bonchev–Trinajstić information content (AvgIpc) is 2.99. The van der Waals surface area contributed by atoms with Crippen LogP contribution < -0.4 is 5.32 Å². The van der Waals surface area contributed by atoms with E-state index < -0.39 is 0 Å². The molecule has 5 nitrogen and oxygen atoms in total. The number of aryl methyl sites for hydroxylation is 1. The van der Waals surface area contributed by atoms with Crippen molar-refractivity contribution < 1.29 is 4.79 Å². The minimum Gasteiger partial charge on any atom is -0.351 e. The summed E-state index contributed by atoms with van der Waals surface area (Å²) in [6.07, 6.45) is 8.30. The molecule has 1 aromatic heterocycles. The largest absolute Gasteiger partial charge is 0.351 e. The van der Waals surface area contributed by atoms with Crippen molar-refractivity contribution in [3.05, 3.63) is 17.5 Å². The van der Waals surface area contributed by atoms with E-state index in [0.29, 0.717) is 17.7 Å². The van der Waals surface area contributed by atoms with Gasteiger partial charge in [-0.15, -0.1) is 0 Å². The number of hydrogen-bond donors (Lipinski definition) is 1. The third-order valence-electron chi connectivity index (χ3n) is 4.41. The van der Waals surface area contributed by atoms with E-state index in [1.165, 1.54) is 32.1 Å². The highest BCUT2D eigenvalue weighted by molar-refractivity contribution is 5.92. The number of carbonyl (C=O) groups excluding carboxylic acids is 1. The number of likely N-dealkylation sites (tertiary alicyclic amines) is 1. The highest BCUT2D eigenvalue weighted by Gasteiger charge is 2.21. The highest BCUT2D eigenvalue weighted by atomic mass is 16.2. The maximum atomic E-state index is 12.5. The fourth-order valence-electron chi connectivity index (χ4n) is 3.25. The summed E-state index contributed by atoms with van der Waals surface area (Å²) >= 11 is 0. The number of nitrogens with one attached hydrogen (secondary N) is 1. The molecule has 0 unspecified atom stereocenters. The molecule has 0 atom stereocenters. The molecule has 114 valence electrons. The van der Waals surface area contributed by atoms with Gasteiger partial charge in [-0.25, -0.2) is 9.97 Å². The molecule has 1 amide bonds. The number of hydrogen-bond acceptors (Lipinski definition) is 4. The van der Waals surface area contributed by atoms with Crippen LogP contribution in [-0.2, 0) is 0 Å². The Morgan fingerprint density at radius 1 is 1.14 bits per heavy atom. The van der Waals surface area contributed by atoms with E-state index in [1.54, 1.807) is 6.07 Å². The fourth-order valence-corrected chi connectivity index (χ4v) is 3.25. The second-order valence-electron chi connectivity index (χ2n) is 6.20. The van der Waals surface area contributed by atoms with Crippen molar-refractivity contribution in [3.63, 3.8) is 0 Å². The molecule has 1 saturated carbocycles. The number of amides is 1. The van der Waals surface area contributed by atoms with Crippen molar-refractivity contribution in [2.45, 2.75) is 57.9 Å². The third-order valence-corrected chi connectivity index (χ3v) is 4.41. The van der Waals surface area contributed by atoms with Gasteiger partial charge in [0.15, 0.2) is 0 Å². The maximum absolute atomic E-state index is 12.5. The zero-order valence-corrected chi connectivity index (χ0v) is 12.8. The monoisotopic (exact) mass is 288 g/mol. The van der Waals surface area contributed by atoms with Gasteiger partial charge in [0.2, 0.25) is 5.95 Å². The van der Waals surface area contributed by atoms with Crippen LogP contribution in [0.5, 0.6) is 0 Å². The topological polar surface area (TPSA) is 58.1 Å². The summed E-state index contributed by atoms with van der Waals surface area (Å²) in [6, 6.07) is 2.27. The molecular weight excluding hydrogens is 264 g/mol. The van der Waals surface area contributed by atoms with Gasteiger partial charge in [0.25, 0.3) is 5.91 Å². The van der Waals surface area contributed by atoms with Crippen LogP contribution in [-0.4, -0.2) is 39.9 Å². The van der Waals surface area contributed by atoms with E-state index in [-0.39, 0.29) is 5.91 Å². The van der Waals surface area contributed by atoms with Gasteiger partial charge in [0.05, 0.1) is 0 Å². The van der Waals surface area contributed by atoms with Gasteiger partial charge in [-0.1, -0.05) is 12.8 Å². The van der Waals surface area contributed by atoms with E-state index in [1.807, 2.05) is 11.8 Å². The summed E-state index contributed by atoms with van der Waals surface area (Å²) < 4.78 is 0. The Kier molecular flexibility index (Phi) is 4.36. The molecule has 1 aliphatic heterocycles. The Hall–Kier alpha value is -1.65. The smallest absolute Gasteiger partial charge is 0.272 e. The predicted molar refractivity (Wildman–Crippen MR) is 82.4 cm³/mol. The number of aromatic nitrogens is 2. The number of rotatable bonds is 3. The normalized spacial score (nSPS) is 19.8. The molecule has 1 aliphatic carbocycles. The zero-order valence-electron chi connectivity index (χ0n) is 12.8. The van der Waals surface area contributed by atoms with E-state index >= 15 is 0 Å². The first-order valence-corrected chi connectivity index (χ1v) is 8.14. The summed E-state index contributed by atoms with van der Waals surface area (Å²) in [4.78, 5) is 23.4. The zero-order chi connectivity index (χ0) is 14.7. The third kappa shape index (κ3) is 3.52. The van der Waals surface area contributed by atoms with Crippen molar-refractivity contribution in [1.29, 1.82) is 0 Å². The van der Waals surface area contributed by atoms with Gasteiger partial charge >= 0.3 is 0 Å². The van der Waals surface area contributed by atoms with Gasteiger partial charge < -0.3 is 10.2 Å². The quantitative estimate of drug-likeness (QED) is 0.929. The minimum atomic E-state index is 0.0506. The molecule has 0 radical (unpaired) electrons. The summed E-state index contributed by atoms with van der Waals surface area (Å²) in [6.45, 7) is 3.63. The molecule has 1 aromatic rings. The lowest BCUT2D eigenvalue weighted by Gasteiger charge is -2.26. The van der Waals surface area contributed by atoms with Crippen LogP contribution in [0, 0.1) is 6.92 Å². The summed E-state index contributed by atoms with van der Waals surface area (Å²) in [7, 11) is 0. The standard InChI is InChI=1S/C16H24N4O/c1-12-11-14(15(21)20-9-5-2-6-10-20)19-16(17-12)18-13-7-3-4-8-13/h11,13H,2-10H2,1H3,(H,17,18,19). The molecule has 2 heterocycles. The predicted octanol–water partition coefficient (Wildman–Crippen LogP) is 2.77. The van der Waals surface area contributed by atoms with Crippen molar-refractivity contribution in [2.75, 3.05) is 18.4 Å². The molecular formula is C16H24N4O. The van der Waals surface area contributed by atoms with E-state index in [0.717, 1.165) is 31.6 Å². The van der Waals surface area contributed by atoms with Crippen LogP contribution in [0.1, 0.15) is 61.1 Å². The Labute approximate surface area is 126 Å². The van der Waals surface area contributed by atoms with Crippen molar-refractivity contribution in [2.24, 2.45) is 0 Å². The van der Waals surface area contributed by atoms with E-state index in [9.17, 15) is 4.79 Å². The van der Waals surface area contributed by atoms with E-state index in [2.05, 4.69) is 15.3 Å². The van der Waals surface area contributed by atoms with Crippen LogP contribution in [0.25, 0.3) is 0 Å². The van der Waals surface area contributed by atoms with Crippen LogP contribution in [0.15, 0.2) is 6.07 Å². The number of carbonyl (C=O) groups is 1. The summed E-state index contributed by atoms with van der Waals surface area (Å²) in [5, 5.41) is 3.39. The number of piperidine rings is 1. The Morgan fingerprint density at radius 2 is 1.86 bits per heavy atom. The van der Waals surface area contributed by atoms with E-state index in [4.69, 9.17) is 0 Å². The van der Waals surface area contributed by atoms with Crippen molar-refractivity contribution in [3.8, 4) is 0 Å². The fraction of sp³-hybridized carbons (Fsp3) is 0.688. The number of nitrogens with zero attached hydrogens (tertiary/aromatic N) is 3. The Morgan fingerprint density at radius 3 is 2.57 bits per heavy atom. The summed E-state index contributed by atoms with van der Waals surface area (Å²) in [5.41, 5.74) is 1.38. The Balaban J connectivity index is 1.74. The Bertz CT molecular complexity index is 505. The van der Waals surface area contributed by atoms with Crippen LogP contribution >= 0.6 is 0 Å².